The van der Waals surface area contributed by atoms with E-state index in [1.807, 2.05) is 0 Å². The van der Waals surface area contributed by atoms with E-state index in [2.05, 4.69) is 5.32 Å². The quantitative estimate of drug-likeness (QED) is 0.875. The third-order valence-corrected chi connectivity index (χ3v) is 2.79. The van der Waals surface area contributed by atoms with Crippen LogP contribution in [-0.2, 0) is 11.0 Å². The molecule has 0 spiro atoms. The van der Waals surface area contributed by atoms with E-state index >= 15 is 0 Å². The lowest BCUT2D eigenvalue weighted by Crippen LogP contribution is -2.28. The number of aromatic carboxylic acids is 1. The van der Waals surface area contributed by atoms with Crippen LogP contribution in [-0.4, -0.2) is 17.0 Å². The first-order valence-electron chi connectivity index (χ1n) is 6.10. The van der Waals surface area contributed by atoms with E-state index in [9.17, 15) is 22.8 Å². The molecule has 0 fully saturated rings. The summed E-state index contributed by atoms with van der Waals surface area (Å²) >= 11 is 0. The number of benzene rings is 1. The molecule has 0 bridgehead atoms. The Morgan fingerprint density at radius 1 is 1.14 bits per heavy atom. The van der Waals surface area contributed by atoms with E-state index in [1.165, 1.54) is 0 Å². The molecule has 1 amide bonds. The Morgan fingerprint density at radius 2 is 1.67 bits per heavy atom. The van der Waals surface area contributed by atoms with Crippen LogP contribution >= 0.6 is 0 Å². The maximum atomic E-state index is 12.9. The van der Waals surface area contributed by atoms with E-state index in [1.54, 1.807) is 20.8 Å². The Morgan fingerprint density at radius 3 is 2.05 bits per heavy atom. The number of halogens is 3. The molecule has 0 radical (unpaired) electrons. The average Bonchev–Trinajstić information content (AvgIpc) is 2.24. The minimum Gasteiger partial charge on any atom is -0.478 e. The summed E-state index contributed by atoms with van der Waals surface area (Å²) in [6, 6.07) is 1.93. The minimum atomic E-state index is -4.77. The largest absolute Gasteiger partial charge is 0.478 e. The number of rotatable bonds is 2. The summed E-state index contributed by atoms with van der Waals surface area (Å²) in [5.74, 6) is -2.12. The molecule has 0 atom stereocenters. The Labute approximate surface area is 120 Å². The van der Waals surface area contributed by atoms with Crippen LogP contribution in [0.4, 0.5) is 18.9 Å². The molecule has 0 aliphatic heterocycles. The van der Waals surface area contributed by atoms with Crippen LogP contribution in [0.25, 0.3) is 0 Å². The van der Waals surface area contributed by atoms with Gasteiger partial charge in [0.25, 0.3) is 0 Å². The van der Waals surface area contributed by atoms with Crippen LogP contribution in [0.15, 0.2) is 12.1 Å². The van der Waals surface area contributed by atoms with Crippen molar-refractivity contribution in [3.05, 3.63) is 28.8 Å². The molecule has 0 unspecified atom stereocenters. The van der Waals surface area contributed by atoms with Gasteiger partial charge in [0.15, 0.2) is 0 Å². The molecule has 7 heteroatoms. The number of carbonyl (C=O) groups excluding carboxylic acids is 1. The van der Waals surface area contributed by atoms with Crippen molar-refractivity contribution in [1.82, 2.24) is 0 Å². The predicted molar refractivity (Wildman–Crippen MR) is 71.2 cm³/mol. The van der Waals surface area contributed by atoms with Gasteiger partial charge in [-0.2, -0.15) is 13.2 Å². The van der Waals surface area contributed by atoms with Crippen molar-refractivity contribution in [3.8, 4) is 0 Å². The normalized spacial score (nSPS) is 12.1. The highest BCUT2D eigenvalue weighted by Gasteiger charge is 2.37. The number of alkyl halides is 3. The molecule has 0 aliphatic carbocycles. The third kappa shape index (κ3) is 3.96. The van der Waals surface area contributed by atoms with Crippen molar-refractivity contribution in [2.75, 3.05) is 5.32 Å². The summed E-state index contributed by atoms with van der Waals surface area (Å²) in [6.07, 6.45) is -4.77. The number of carboxylic acids is 1. The molecule has 1 aromatic carbocycles. The fraction of sp³-hybridized carbons (Fsp3) is 0.429. The lowest BCUT2D eigenvalue weighted by Gasteiger charge is -2.20. The smallest absolute Gasteiger partial charge is 0.417 e. The Kier molecular flexibility index (Phi) is 4.36. The molecule has 21 heavy (non-hydrogen) atoms. The first-order chi connectivity index (χ1) is 9.34. The predicted octanol–water partition coefficient (Wildman–Crippen LogP) is 3.70. The number of carboxylic acid groups (broad SMARTS) is 1. The molecule has 4 nitrogen and oxygen atoms in total. The average molecular weight is 303 g/mol. The summed E-state index contributed by atoms with van der Waals surface area (Å²) in [5, 5.41) is 11.4. The highest BCUT2D eigenvalue weighted by atomic mass is 19.4. The molecule has 0 aliphatic rings. The van der Waals surface area contributed by atoms with Crippen LogP contribution in [0.1, 0.15) is 42.3 Å². The van der Waals surface area contributed by atoms with E-state index in [0.717, 1.165) is 19.1 Å². The number of amides is 1. The SMILES string of the molecule is Cc1cc(NC(=O)C(C)(C)C)cc(C(=O)O)c1C(F)(F)F. The second-order valence-corrected chi connectivity index (χ2v) is 5.72. The number of anilines is 1. The Bertz CT molecular complexity index is 586. The molecule has 1 rings (SSSR count). The van der Waals surface area contributed by atoms with Gasteiger partial charge < -0.3 is 10.4 Å². The van der Waals surface area contributed by atoms with Crippen molar-refractivity contribution in [2.24, 2.45) is 5.41 Å². The first-order valence-corrected chi connectivity index (χ1v) is 6.10. The second-order valence-electron chi connectivity index (χ2n) is 5.72. The fourth-order valence-electron chi connectivity index (χ4n) is 1.72. The molecule has 0 saturated carbocycles. The summed E-state index contributed by atoms with van der Waals surface area (Å²) in [5.41, 5.74) is -3.07. The summed E-state index contributed by atoms with van der Waals surface area (Å²) in [7, 11) is 0. The maximum absolute atomic E-state index is 12.9. The molecule has 1 aromatic rings. The van der Waals surface area contributed by atoms with Gasteiger partial charge in [0.05, 0.1) is 11.1 Å². The van der Waals surface area contributed by atoms with Gasteiger partial charge in [0, 0.05) is 11.1 Å². The van der Waals surface area contributed by atoms with Crippen LogP contribution in [0.2, 0.25) is 0 Å². The van der Waals surface area contributed by atoms with Gasteiger partial charge in [-0.3, -0.25) is 4.79 Å². The van der Waals surface area contributed by atoms with E-state index in [4.69, 9.17) is 5.11 Å². The van der Waals surface area contributed by atoms with Gasteiger partial charge in [-0.15, -0.1) is 0 Å². The van der Waals surface area contributed by atoms with Gasteiger partial charge in [-0.1, -0.05) is 20.8 Å². The Hall–Kier alpha value is -2.05. The van der Waals surface area contributed by atoms with E-state index in [0.29, 0.717) is 0 Å². The molecule has 2 N–H and O–H groups in total. The zero-order valence-electron chi connectivity index (χ0n) is 12.1. The first kappa shape index (κ1) is 17.0. The second kappa shape index (κ2) is 5.38. The fourth-order valence-corrected chi connectivity index (χ4v) is 1.72. The summed E-state index contributed by atoms with van der Waals surface area (Å²) < 4.78 is 38.7. The highest BCUT2D eigenvalue weighted by Crippen LogP contribution is 2.36. The zero-order chi connectivity index (χ0) is 16.6. The molecule has 0 saturated heterocycles. The van der Waals surface area contributed by atoms with E-state index < -0.39 is 34.6 Å². The molecular weight excluding hydrogens is 287 g/mol. The van der Waals surface area contributed by atoms with Gasteiger partial charge in [0.2, 0.25) is 5.91 Å². The maximum Gasteiger partial charge on any atom is 0.417 e. The molecule has 116 valence electrons. The molecule has 0 heterocycles. The monoisotopic (exact) mass is 303 g/mol. The van der Waals surface area contributed by atoms with Gasteiger partial charge in [0.1, 0.15) is 0 Å². The van der Waals surface area contributed by atoms with Crippen molar-refractivity contribution in [1.29, 1.82) is 0 Å². The number of hydrogen-bond donors (Lipinski definition) is 2. The van der Waals surface area contributed by atoms with Gasteiger partial charge in [-0.05, 0) is 24.6 Å². The third-order valence-electron chi connectivity index (χ3n) is 2.79. The topological polar surface area (TPSA) is 66.4 Å². The number of hydrogen-bond acceptors (Lipinski definition) is 2. The number of nitrogens with one attached hydrogen (secondary N) is 1. The highest BCUT2D eigenvalue weighted by molar-refractivity contribution is 5.97. The van der Waals surface area contributed by atoms with Crippen molar-refractivity contribution in [2.45, 2.75) is 33.9 Å². The van der Waals surface area contributed by atoms with Crippen LogP contribution in [0.5, 0.6) is 0 Å². The van der Waals surface area contributed by atoms with Crippen molar-refractivity contribution < 1.29 is 27.9 Å². The Balaban J connectivity index is 3.36. The van der Waals surface area contributed by atoms with Gasteiger partial charge in [-0.25, -0.2) is 4.79 Å². The molecular formula is C14H16F3NO3. The minimum absolute atomic E-state index is 0.0258. The lowest BCUT2D eigenvalue weighted by molar-refractivity contribution is -0.138. The van der Waals surface area contributed by atoms with Crippen LogP contribution < -0.4 is 5.32 Å². The van der Waals surface area contributed by atoms with Crippen molar-refractivity contribution in [3.63, 3.8) is 0 Å². The van der Waals surface area contributed by atoms with Crippen molar-refractivity contribution >= 4 is 17.6 Å². The van der Waals surface area contributed by atoms with Crippen LogP contribution in [0, 0.1) is 12.3 Å². The summed E-state index contributed by atoms with van der Waals surface area (Å²) in [4.78, 5) is 22.9. The standard InChI is InChI=1S/C14H16F3NO3/c1-7-5-8(18-12(21)13(2,3)4)6-9(11(19)20)10(7)14(15,16)17/h5-6H,1-4H3,(H,18,21)(H,19,20). The van der Waals surface area contributed by atoms with E-state index in [-0.39, 0.29) is 11.3 Å². The zero-order valence-corrected chi connectivity index (χ0v) is 12.1. The summed E-state index contributed by atoms with van der Waals surface area (Å²) in [6.45, 7) is 6.06. The van der Waals surface area contributed by atoms with Gasteiger partial charge >= 0.3 is 12.1 Å². The van der Waals surface area contributed by atoms with Crippen LogP contribution in [0.3, 0.4) is 0 Å². The molecule has 0 aromatic heterocycles. The number of aryl methyl sites for hydroxylation is 1. The number of carbonyl (C=O) groups is 2. The lowest BCUT2D eigenvalue weighted by atomic mass is 9.95.